The van der Waals surface area contributed by atoms with Crippen LogP contribution in [0.5, 0.6) is 5.75 Å². The molecule has 0 unspecified atom stereocenters. The smallest absolute Gasteiger partial charge is 0.123 e. The first-order valence-corrected chi connectivity index (χ1v) is 4.98. The van der Waals surface area contributed by atoms with Crippen LogP contribution in [0.25, 0.3) is 0 Å². The molecule has 1 aliphatic heterocycles. The summed E-state index contributed by atoms with van der Waals surface area (Å²) in [6, 6.07) is 4.28. The fourth-order valence-corrected chi connectivity index (χ4v) is 1.82. The third-order valence-electron chi connectivity index (χ3n) is 2.19. The number of rotatable bonds is 0. The third-order valence-corrected chi connectivity index (χ3v) is 3.04. The van der Waals surface area contributed by atoms with Crippen molar-refractivity contribution in [3.63, 3.8) is 0 Å². The average molecular weight is 227 g/mol. The second-order valence-electron chi connectivity index (χ2n) is 3.16. The molecule has 2 heteroatoms. The van der Waals surface area contributed by atoms with Crippen LogP contribution in [0.2, 0.25) is 0 Å². The van der Waals surface area contributed by atoms with Crippen molar-refractivity contribution >= 4 is 15.9 Å². The minimum absolute atomic E-state index is 0.864. The van der Waals surface area contributed by atoms with E-state index in [9.17, 15) is 0 Å². The van der Waals surface area contributed by atoms with Gasteiger partial charge in [-0.2, -0.15) is 0 Å². The van der Waals surface area contributed by atoms with E-state index >= 15 is 0 Å². The summed E-state index contributed by atoms with van der Waals surface area (Å²) in [4.78, 5) is 0. The van der Waals surface area contributed by atoms with Crippen molar-refractivity contribution in [3.8, 4) is 5.75 Å². The number of halogens is 1. The third kappa shape index (κ3) is 1.36. The van der Waals surface area contributed by atoms with Crippen molar-refractivity contribution < 1.29 is 4.74 Å². The molecule has 1 heterocycles. The van der Waals surface area contributed by atoms with Gasteiger partial charge in [0.15, 0.2) is 0 Å². The molecule has 0 atom stereocenters. The quantitative estimate of drug-likeness (QED) is 0.661. The Bertz CT molecular complexity index is 276. The van der Waals surface area contributed by atoms with Gasteiger partial charge in [0.2, 0.25) is 0 Å². The average Bonchev–Trinajstić information content (AvgIpc) is 2.07. The molecule has 1 aromatic carbocycles. The summed E-state index contributed by atoms with van der Waals surface area (Å²) >= 11 is 3.49. The SMILES string of the molecule is Cc1cc2c(cc1Br)OCCC2. The standard InChI is InChI=1S/C10H11BrO/c1-7-5-8-3-2-4-12-10(8)6-9(7)11/h5-6H,2-4H2,1H3. The van der Waals surface area contributed by atoms with E-state index in [4.69, 9.17) is 4.74 Å². The molecule has 0 saturated heterocycles. The van der Waals surface area contributed by atoms with Gasteiger partial charge in [0.25, 0.3) is 0 Å². The van der Waals surface area contributed by atoms with Gasteiger partial charge in [0.1, 0.15) is 5.75 Å². The first-order valence-electron chi connectivity index (χ1n) is 4.19. The summed E-state index contributed by atoms with van der Waals surface area (Å²) in [7, 11) is 0. The van der Waals surface area contributed by atoms with Crippen molar-refractivity contribution in [3.05, 3.63) is 27.7 Å². The number of aryl methyl sites for hydroxylation is 2. The Balaban J connectivity index is 2.49. The Morgan fingerprint density at radius 2 is 2.25 bits per heavy atom. The molecule has 64 valence electrons. The second-order valence-corrected chi connectivity index (χ2v) is 4.02. The fourth-order valence-electron chi connectivity index (χ4n) is 1.50. The summed E-state index contributed by atoms with van der Waals surface area (Å²) in [6.07, 6.45) is 2.30. The molecular weight excluding hydrogens is 216 g/mol. The van der Waals surface area contributed by atoms with Crippen molar-refractivity contribution in [1.29, 1.82) is 0 Å². The van der Waals surface area contributed by atoms with Gasteiger partial charge in [0, 0.05) is 4.47 Å². The van der Waals surface area contributed by atoms with E-state index in [1.54, 1.807) is 0 Å². The Hall–Kier alpha value is -0.500. The Morgan fingerprint density at radius 1 is 1.42 bits per heavy atom. The molecule has 0 bridgehead atoms. The van der Waals surface area contributed by atoms with E-state index < -0.39 is 0 Å². The van der Waals surface area contributed by atoms with Gasteiger partial charge in [-0.3, -0.25) is 0 Å². The van der Waals surface area contributed by atoms with Gasteiger partial charge >= 0.3 is 0 Å². The van der Waals surface area contributed by atoms with E-state index in [2.05, 4.69) is 35.0 Å². The molecule has 0 saturated carbocycles. The molecule has 0 radical (unpaired) electrons. The minimum atomic E-state index is 0.864. The van der Waals surface area contributed by atoms with Crippen LogP contribution in [0.1, 0.15) is 17.5 Å². The first-order chi connectivity index (χ1) is 5.77. The van der Waals surface area contributed by atoms with E-state index in [1.165, 1.54) is 11.1 Å². The van der Waals surface area contributed by atoms with Gasteiger partial charge in [-0.1, -0.05) is 22.0 Å². The largest absolute Gasteiger partial charge is 0.493 e. The van der Waals surface area contributed by atoms with Gasteiger partial charge in [-0.25, -0.2) is 0 Å². The summed E-state index contributed by atoms with van der Waals surface area (Å²) in [6.45, 7) is 2.97. The lowest BCUT2D eigenvalue weighted by Crippen LogP contribution is -2.08. The molecule has 1 aromatic rings. The second kappa shape index (κ2) is 3.09. The van der Waals surface area contributed by atoms with Crippen LogP contribution in [0.3, 0.4) is 0 Å². The molecule has 1 aliphatic rings. The normalized spacial score (nSPS) is 15.2. The fraction of sp³-hybridized carbons (Fsp3) is 0.400. The van der Waals surface area contributed by atoms with Gasteiger partial charge < -0.3 is 4.74 Å². The highest BCUT2D eigenvalue weighted by molar-refractivity contribution is 9.10. The Morgan fingerprint density at radius 3 is 3.08 bits per heavy atom. The molecule has 1 nitrogen and oxygen atoms in total. The predicted octanol–water partition coefficient (Wildman–Crippen LogP) is 3.08. The van der Waals surface area contributed by atoms with Crippen molar-refractivity contribution in [2.45, 2.75) is 19.8 Å². The zero-order valence-electron chi connectivity index (χ0n) is 7.06. The number of benzene rings is 1. The topological polar surface area (TPSA) is 9.23 Å². The van der Waals surface area contributed by atoms with Crippen molar-refractivity contribution in [2.24, 2.45) is 0 Å². The molecular formula is C10H11BrO. The molecule has 0 aliphatic carbocycles. The van der Waals surface area contributed by atoms with Crippen LogP contribution in [0.15, 0.2) is 16.6 Å². The zero-order chi connectivity index (χ0) is 8.55. The Kier molecular flexibility index (Phi) is 2.09. The van der Waals surface area contributed by atoms with Crippen molar-refractivity contribution in [2.75, 3.05) is 6.61 Å². The molecule has 2 rings (SSSR count). The molecule has 12 heavy (non-hydrogen) atoms. The van der Waals surface area contributed by atoms with Crippen LogP contribution in [-0.2, 0) is 6.42 Å². The lowest BCUT2D eigenvalue weighted by Gasteiger charge is -2.18. The number of ether oxygens (including phenoxy) is 1. The summed E-state index contributed by atoms with van der Waals surface area (Å²) in [5.74, 6) is 1.05. The highest BCUT2D eigenvalue weighted by Crippen LogP contribution is 2.30. The van der Waals surface area contributed by atoms with Gasteiger partial charge in [0.05, 0.1) is 6.61 Å². The Labute approximate surface area is 80.9 Å². The van der Waals surface area contributed by atoms with Crippen LogP contribution in [0, 0.1) is 6.92 Å². The maximum absolute atomic E-state index is 5.53. The minimum Gasteiger partial charge on any atom is -0.493 e. The monoisotopic (exact) mass is 226 g/mol. The van der Waals surface area contributed by atoms with Crippen molar-refractivity contribution in [1.82, 2.24) is 0 Å². The van der Waals surface area contributed by atoms with Crippen LogP contribution in [-0.4, -0.2) is 6.61 Å². The molecule has 0 amide bonds. The van der Waals surface area contributed by atoms with Crippen LogP contribution >= 0.6 is 15.9 Å². The van der Waals surface area contributed by atoms with E-state index in [-0.39, 0.29) is 0 Å². The van der Waals surface area contributed by atoms with Gasteiger partial charge in [-0.15, -0.1) is 0 Å². The molecule has 0 aromatic heterocycles. The lowest BCUT2D eigenvalue weighted by atomic mass is 10.0. The van der Waals surface area contributed by atoms with E-state index in [1.807, 2.05) is 0 Å². The predicted molar refractivity (Wildman–Crippen MR) is 52.7 cm³/mol. The molecule has 0 spiro atoms. The van der Waals surface area contributed by atoms with Crippen LogP contribution < -0.4 is 4.74 Å². The first kappa shape index (κ1) is 8.11. The van der Waals surface area contributed by atoms with Gasteiger partial charge in [-0.05, 0) is 37.0 Å². The number of hydrogen-bond donors (Lipinski definition) is 0. The molecule has 0 N–H and O–H groups in total. The maximum atomic E-state index is 5.53. The highest BCUT2D eigenvalue weighted by Gasteiger charge is 2.11. The summed E-state index contributed by atoms with van der Waals surface area (Å²) in [5.41, 5.74) is 2.64. The summed E-state index contributed by atoms with van der Waals surface area (Å²) in [5, 5.41) is 0. The highest BCUT2D eigenvalue weighted by atomic mass is 79.9. The zero-order valence-corrected chi connectivity index (χ0v) is 8.65. The van der Waals surface area contributed by atoms with Crippen LogP contribution in [0.4, 0.5) is 0 Å². The number of fused-ring (bicyclic) bond motifs is 1. The lowest BCUT2D eigenvalue weighted by molar-refractivity contribution is 0.288. The van der Waals surface area contributed by atoms with E-state index in [0.717, 1.165) is 29.7 Å². The molecule has 0 fully saturated rings. The maximum Gasteiger partial charge on any atom is 0.123 e. The summed E-state index contributed by atoms with van der Waals surface area (Å²) < 4.78 is 6.67. The van der Waals surface area contributed by atoms with E-state index in [0.29, 0.717) is 0 Å². The number of hydrogen-bond acceptors (Lipinski definition) is 1.